The maximum absolute atomic E-state index is 12.1. The van der Waals surface area contributed by atoms with E-state index in [-0.39, 0.29) is 27.8 Å². The van der Waals surface area contributed by atoms with Crippen LogP contribution in [0.2, 0.25) is 5.15 Å². The molecule has 0 saturated carbocycles. The van der Waals surface area contributed by atoms with Crippen molar-refractivity contribution in [2.75, 3.05) is 18.5 Å². The zero-order valence-corrected chi connectivity index (χ0v) is 15.6. The quantitative estimate of drug-likeness (QED) is 0.391. The van der Waals surface area contributed by atoms with Crippen molar-refractivity contribution in [3.05, 3.63) is 66.0 Å². The number of anilines is 1. The van der Waals surface area contributed by atoms with Gasteiger partial charge in [0.05, 0.1) is 16.1 Å². The zero-order valence-electron chi connectivity index (χ0n) is 14.0. The fourth-order valence-electron chi connectivity index (χ4n) is 1.92. The van der Waals surface area contributed by atoms with E-state index < -0.39 is 28.5 Å². The molecule has 2 N–H and O–H groups in total. The Kier molecular flexibility index (Phi) is 7.05. The van der Waals surface area contributed by atoms with Gasteiger partial charge in [-0.1, -0.05) is 23.7 Å². The number of benzene rings is 1. The van der Waals surface area contributed by atoms with Gasteiger partial charge in [-0.05, 0) is 30.3 Å². The number of ether oxygens (including phenoxy) is 1. The van der Waals surface area contributed by atoms with E-state index >= 15 is 0 Å². The highest BCUT2D eigenvalue weighted by atomic mass is 35.5. The molecule has 2 rings (SSSR count). The van der Waals surface area contributed by atoms with Crippen molar-refractivity contribution in [2.24, 2.45) is 0 Å². The Morgan fingerprint density at radius 2 is 2.04 bits per heavy atom. The topological polar surface area (TPSA) is 114 Å². The fraction of sp³-hybridized carbons (Fsp3) is 0.118. The number of nitrogens with one attached hydrogen (secondary N) is 2. The predicted molar refractivity (Wildman–Crippen MR) is 100.0 cm³/mol. The SMILES string of the molecule is C=CCNS(=O)(=O)c1cccc(C(=O)OCC(=O)Nc2cccnc2Cl)c1. The van der Waals surface area contributed by atoms with Gasteiger partial charge >= 0.3 is 5.97 Å². The molecule has 10 heteroatoms. The first-order valence-corrected chi connectivity index (χ1v) is 9.47. The predicted octanol–water partition coefficient (Wildman–Crippen LogP) is 1.99. The Hall–Kier alpha value is -2.75. The van der Waals surface area contributed by atoms with Crippen LogP contribution in [0.4, 0.5) is 5.69 Å². The van der Waals surface area contributed by atoms with E-state index in [9.17, 15) is 18.0 Å². The van der Waals surface area contributed by atoms with Crippen LogP contribution in [0.5, 0.6) is 0 Å². The Morgan fingerprint density at radius 3 is 2.74 bits per heavy atom. The van der Waals surface area contributed by atoms with E-state index in [0.29, 0.717) is 0 Å². The molecular formula is C17H16ClN3O5S. The minimum Gasteiger partial charge on any atom is -0.452 e. The van der Waals surface area contributed by atoms with Crippen molar-refractivity contribution >= 4 is 39.2 Å². The molecule has 0 atom stereocenters. The van der Waals surface area contributed by atoms with Crippen LogP contribution in [0.3, 0.4) is 0 Å². The van der Waals surface area contributed by atoms with Crippen LogP contribution in [0.25, 0.3) is 0 Å². The van der Waals surface area contributed by atoms with Gasteiger partial charge in [-0.2, -0.15) is 0 Å². The molecule has 0 aliphatic rings. The molecule has 0 unspecified atom stereocenters. The molecule has 1 aromatic heterocycles. The lowest BCUT2D eigenvalue weighted by atomic mass is 10.2. The molecule has 0 aliphatic carbocycles. The molecular weight excluding hydrogens is 394 g/mol. The Bertz CT molecular complexity index is 963. The molecule has 0 radical (unpaired) electrons. The summed E-state index contributed by atoms with van der Waals surface area (Å²) in [6.07, 6.45) is 2.85. The third kappa shape index (κ3) is 5.88. The Balaban J connectivity index is 2.00. The standard InChI is InChI=1S/C17H16ClN3O5S/c1-2-8-20-27(24,25)13-6-3-5-12(10-13)17(23)26-11-15(22)21-14-7-4-9-19-16(14)18/h2-7,9-10,20H,1,8,11H2,(H,21,22). The third-order valence-electron chi connectivity index (χ3n) is 3.17. The van der Waals surface area contributed by atoms with Gasteiger partial charge in [-0.15, -0.1) is 6.58 Å². The number of aromatic nitrogens is 1. The van der Waals surface area contributed by atoms with Gasteiger partial charge in [0.1, 0.15) is 0 Å². The van der Waals surface area contributed by atoms with E-state index in [1.807, 2.05) is 0 Å². The molecule has 2 aromatic rings. The molecule has 0 aliphatic heterocycles. The molecule has 1 heterocycles. The smallest absolute Gasteiger partial charge is 0.338 e. The average molecular weight is 410 g/mol. The highest BCUT2D eigenvalue weighted by Gasteiger charge is 2.17. The van der Waals surface area contributed by atoms with Gasteiger partial charge in [0, 0.05) is 12.7 Å². The number of nitrogens with zero attached hydrogens (tertiary/aromatic N) is 1. The van der Waals surface area contributed by atoms with E-state index in [0.717, 1.165) is 6.07 Å². The van der Waals surface area contributed by atoms with Crippen molar-refractivity contribution in [3.8, 4) is 0 Å². The summed E-state index contributed by atoms with van der Waals surface area (Å²) in [5.74, 6) is -1.46. The highest BCUT2D eigenvalue weighted by Crippen LogP contribution is 2.17. The van der Waals surface area contributed by atoms with E-state index in [1.54, 1.807) is 12.1 Å². The van der Waals surface area contributed by atoms with Gasteiger partial charge in [-0.3, -0.25) is 4.79 Å². The second-order valence-electron chi connectivity index (χ2n) is 5.13. The van der Waals surface area contributed by atoms with Gasteiger partial charge in [-0.25, -0.2) is 22.9 Å². The number of carbonyl (C=O) groups excluding carboxylic acids is 2. The van der Waals surface area contributed by atoms with Gasteiger partial charge in [0.15, 0.2) is 11.8 Å². The summed E-state index contributed by atoms with van der Waals surface area (Å²) >= 11 is 5.82. The summed E-state index contributed by atoms with van der Waals surface area (Å²) in [7, 11) is -3.79. The summed E-state index contributed by atoms with van der Waals surface area (Å²) in [4.78, 5) is 27.6. The van der Waals surface area contributed by atoms with Crippen molar-refractivity contribution in [1.29, 1.82) is 0 Å². The molecule has 1 amide bonds. The van der Waals surface area contributed by atoms with Crippen molar-refractivity contribution in [1.82, 2.24) is 9.71 Å². The molecule has 0 spiro atoms. The number of carbonyl (C=O) groups is 2. The first kappa shape index (κ1) is 20.6. The normalized spacial score (nSPS) is 10.9. The van der Waals surface area contributed by atoms with Gasteiger partial charge in [0.25, 0.3) is 5.91 Å². The van der Waals surface area contributed by atoms with Crippen LogP contribution in [0, 0.1) is 0 Å². The van der Waals surface area contributed by atoms with Crippen LogP contribution in [0.1, 0.15) is 10.4 Å². The van der Waals surface area contributed by atoms with Gasteiger partial charge in [0.2, 0.25) is 10.0 Å². The fourth-order valence-corrected chi connectivity index (χ4v) is 3.13. The van der Waals surface area contributed by atoms with E-state index in [1.165, 1.54) is 30.5 Å². The number of amides is 1. The Morgan fingerprint density at radius 1 is 1.26 bits per heavy atom. The number of sulfonamides is 1. The third-order valence-corrected chi connectivity index (χ3v) is 4.89. The van der Waals surface area contributed by atoms with Crippen LogP contribution in [-0.4, -0.2) is 38.4 Å². The number of esters is 1. The first-order chi connectivity index (χ1) is 12.8. The van der Waals surface area contributed by atoms with Crippen molar-refractivity contribution < 1.29 is 22.7 Å². The van der Waals surface area contributed by atoms with E-state index in [2.05, 4.69) is 21.6 Å². The van der Waals surface area contributed by atoms with Crippen LogP contribution < -0.4 is 10.0 Å². The van der Waals surface area contributed by atoms with Crippen LogP contribution in [-0.2, 0) is 19.6 Å². The minimum absolute atomic E-state index is 0.0105. The summed E-state index contributed by atoms with van der Waals surface area (Å²) in [5.41, 5.74) is 0.269. The molecule has 142 valence electrons. The maximum atomic E-state index is 12.1. The summed E-state index contributed by atoms with van der Waals surface area (Å²) in [6, 6.07) is 8.39. The lowest BCUT2D eigenvalue weighted by molar-refractivity contribution is -0.119. The van der Waals surface area contributed by atoms with Crippen molar-refractivity contribution in [2.45, 2.75) is 4.90 Å². The Labute approximate surface area is 161 Å². The molecule has 0 fully saturated rings. The summed E-state index contributed by atoms with van der Waals surface area (Å²) < 4.78 is 31.3. The summed E-state index contributed by atoms with van der Waals surface area (Å²) in [5, 5.41) is 2.55. The monoisotopic (exact) mass is 409 g/mol. The van der Waals surface area contributed by atoms with Crippen molar-refractivity contribution in [3.63, 3.8) is 0 Å². The number of hydrogen-bond donors (Lipinski definition) is 2. The second kappa shape index (κ2) is 9.26. The lowest BCUT2D eigenvalue weighted by Crippen LogP contribution is -2.24. The van der Waals surface area contributed by atoms with Crippen LogP contribution >= 0.6 is 11.6 Å². The molecule has 27 heavy (non-hydrogen) atoms. The number of pyridine rings is 1. The molecule has 8 nitrogen and oxygen atoms in total. The number of hydrogen-bond acceptors (Lipinski definition) is 6. The van der Waals surface area contributed by atoms with Gasteiger partial charge < -0.3 is 10.1 Å². The first-order valence-electron chi connectivity index (χ1n) is 7.61. The zero-order chi connectivity index (χ0) is 19.9. The largest absolute Gasteiger partial charge is 0.452 e. The highest BCUT2D eigenvalue weighted by molar-refractivity contribution is 7.89. The number of halogens is 1. The molecule has 1 aromatic carbocycles. The second-order valence-corrected chi connectivity index (χ2v) is 7.26. The van der Waals surface area contributed by atoms with E-state index in [4.69, 9.17) is 16.3 Å². The van der Waals surface area contributed by atoms with Crippen LogP contribution in [0.15, 0.2) is 60.1 Å². The number of rotatable bonds is 8. The summed E-state index contributed by atoms with van der Waals surface area (Å²) in [6.45, 7) is 2.90. The molecule has 0 saturated heterocycles. The lowest BCUT2D eigenvalue weighted by Gasteiger charge is -2.09. The average Bonchev–Trinajstić information content (AvgIpc) is 2.66. The minimum atomic E-state index is -3.79. The molecule has 0 bridgehead atoms. The maximum Gasteiger partial charge on any atom is 0.338 e.